The number of aromatic nitrogens is 2. The van der Waals surface area contributed by atoms with Gasteiger partial charge in [-0.25, -0.2) is 0 Å². The van der Waals surface area contributed by atoms with Gasteiger partial charge in [-0.1, -0.05) is 29.8 Å². The lowest BCUT2D eigenvalue weighted by molar-refractivity contribution is -0.384. The molecule has 122 valence electrons. The average molecular weight is 345 g/mol. The van der Waals surface area contributed by atoms with Crippen molar-refractivity contribution in [2.45, 2.75) is 6.54 Å². The van der Waals surface area contributed by atoms with Crippen LogP contribution in [0.15, 0.2) is 42.5 Å². The van der Waals surface area contributed by atoms with Crippen LogP contribution in [0, 0.1) is 10.1 Å². The van der Waals surface area contributed by atoms with Crippen LogP contribution < -0.4 is 0 Å². The highest BCUT2D eigenvalue weighted by Gasteiger charge is 2.20. The lowest BCUT2D eigenvalue weighted by atomic mass is 10.1. The second kappa shape index (κ2) is 6.29. The molecule has 7 nitrogen and oxygen atoms in total. The van der Waals surface area contributed by atoms with Gasteiger partial charge >= 0.3 is 0 Å². The summed E-state index contributed by atoms with van der Waals surface area (Å²) in [6.45, 7) is 0.307. The van der Waals surface area contributed by atoms with Crippen molar-refractivity contribution in [1.29, 1.82) is 0 Å². The SMILES string of the molecule is CN(Cc1ccccc1Cl)C(=O)c1n[nH]c2ccc([N+](=O)[O-])cc12. The predicted octanol–water partition coefficient (Wildman–Crippen LogP) is 3.40. The number of nitrogens with one attached hydrogen (secondary N) is 1. The Morgan fingerprint density at radius 1 is 1.33 bits per heavy atom. The Bertz CT molecular complexity index is 938. The second-order valence-electron chi connectivity index (χ2n) is 5.31. The Morgan fingerprint density at radius 2 is 2.08 bits per heavy atom. The number of amides is 1. The van der Waals surface area contributed by atoms with Crippen LogP contribution in [0.2, 0.25) is 5.02 Å². The summed E-state index contributed by atoms with van der Waals surface area (Å²) >= 11 is 6.11. The number of carbonyl (C=O) groups is 1. The number of halogens is 1. The number of nitro benzene ring substituents is 1. The molecule has 0 aliphatic heterocycles. The first-order chi connectivity index (χ1) is 11.5. The van der Waals surface area contributed by atoms with E-state index >= 15 is 0 Å². The Balaban J connectivity index is 1.92. The number of rotatable bonds is 4. The van der Waals surface area contributed by atoms with Crippen molar-refractivity contribution in [2.75, 3.05) is 7.05 Å². The van der Waals surface area contributed by atoms with Gasteiger partial charge in [0.05, 0.1) is 10.4 Å². The van der Waals surface area contributed by atoms with Crippen molar-refractivity contribution < 1.29 is 9.72 Å². The molecule has 2 aromatic carbocycles. The van der Waals surface area contributed by atoms with Crippen molar-refractivity contribution in [3.05, 3.63) is 68.9 Å². The van der Waals surface area contributed by atoms with Crippen molar-refractivity contribution in [3.8, 4) is 0 Å². The summed E-state index contributed by atoms with van der Waals surface area (Å²) in [5.41, 5.74) is 1.42. The van der Waals surface area contributed by atoms with Gasteiger partial charge in [0.25, 0.3) is 11.6 Å². The topological polar surface area (TPSA) is 92.1 Å². The Morgan fingerprint density at radius 3 is 2.79 bits per heavy atom. The molecule has 1 heterocycles. The summed E-state index contributed by atoms with van der Waals surface area (Å²) < 4.78 is 0. The third-order valence-electron chi connectivity index (χ3n) is 3.67. The normalized spacial score (nSPS) is 10.8. The molecule has 0 aliphatic carbocycles. The van der Waals surface area contributed by atoms with Crippen LogP contribution in [0.4, 0.5) is 5.69 Å². The number of nitro groups is 1. The minimum atomic E-state index is -0.506. The molecule has 0 aliphatic rings. The van der Waals surface area contributed by atoms with Crippen LogP contribution in [0.1, 0.15) is 16.1 Å². The number of hydrogen-bond donors (Lipinski definition) is 1. The van der Waals surface area contributed by atoms with E-state index in [1.165, 1.54) is 23.1 Å². The number of benzene rings is 2. The van der Waals surface area contributed by atoms with E-state index in [0.29, 0.717) is 22.5 Å². The smallest absolute Gasteiger partial charge is 0.275 e. The zero-order valence-electron chi connectivity index (χ0n) is 12.7. The molecule has 1 N–H and O–H groups in total. The molecule has 0 saturated heterocycles. The highest BCUT2D eigenvalue weighted by molar-refractivity contribution is 6.31. The van der Waals surface area contributed by atoms with E-state index in [2.05, 4.69) is 10.2 Å². The number of H-pyrrole nitrogens is 1. The summed E-state index contributed by atoms with van der Waals surface area (Å²) in [5.74, 6) is -0.346. The van der Waals surface area contributed by atoms with E-state index in [1.54, 1.807) is 13.1 Å². The molecule has 3 aromatic rings. The average Bonchev–Trinajstić information content (AvgIpc) is 2.99. The number of nitrogens with zero attached hydrogens (tertiary/aromatic N) is 3. The molecule has 0 atom stereocenters. The third kappa shape index (κ3) is 2.93. The molecule has 0 saturated carbocycles. The molecule has 0 fully saturated rings. The first-order valence-corrected chi connectivity index (χ1v) is 7.46. The van der Waals surface area contributed by atoms with E-state index < -0.39 is 4.92 Å². The van der Waals surface area contributed by atoms with Gasteiger partial charge in [-0.15, -0.1) is 0 Å². The van der Waals surface area contributed by atoms with Crippen LogP contribution in [0.25, 0.3) is 10.9 Å². The first kappa shape index (κ1) is 15.9. The summed E-state index contributed by atoms with van der Waals surface area (Å²) in [6, 6.07) is 11.5. The minimum Gasteiger partial charge on any atom is -0.336 e. The quantitative estimate of drug-likeness (QED) is 0.580. The number of hydrogen-bond acceptors (Lipinski definition) is 4. The Labute approximate surface area is 142 Å². The molecular weight excluding hydrogens is 332 g/mol. The van der Waals surface area contributed by atoms with Crippen LogP contribution in [-0.4, -0.2) is 33.0 Å². The molecule has 1 amide bonds. The van der Waals surface area contributed by atoms with Gasteiger partial charge in [0.15, 0.2) is 5.69 Å². The maximum absolute atomic E-state index is 12.6. The van der Waals surface area contributed by atoms with Crippen molar-refractivity contribution in [1.82, 2.24) is 15.1 Å². The van der Waals surface area contributed by atoms with E-state index in [-0.39, 0.29) is 17.3 Å². The second-order valence-corrected chi connectivity index (χ2v) is 5.72. The molecule has 1 aromatic heterocycles. The van der Waals surface area contributed by atoms with Gasteiger partial charge in [0.2, 0.25) is 0 Å². The van der Waals surface area contributed by atoms with E-state index in [9.17, 15) is 14.9 Å². The molecule has 0 unspecified atom stereocenters. The fraction of sp³-hybridized carbons (Fsp3) is 0.125. The fourth-order valence-corrected chi connectivity index (χ4v) is 2.61. The van der Waals surface area contributed by atoms with Gasteiger partial charge in [-0.2, -0.15) is 5.10 Å². The monoisotopic (exact) mass is 344 g/mol. The van der Waals surface area contributed by atoms with Gasteiger partial charge in [0.1, 0.15) is 0 Å². The number of aromatic amines is 1. The van der Waals surface area contributed by atoms with Gasteiger partial charge in [-0.05, 0) is 17.7 Å². The maximum Gasteiger partial charge on any atom is 0.275 e. The summed E-state index contributed by atoms with van der Waals surface area (Å²) in [4.78, 5) is 24.5. The highest BCUT2D eigenvalue weighted by atomic mass is 35.5. The van der Waals surface area contributed by atoms with Crippen LogP contribution in [-0.2, 0) is 6.54 Å². The summed E-state index contributed by atoms with van der Waals surface area (Å²) in [5, 5.41) is 18.6. The minimum absolute atomic E-state index is 0.0910. The van der Waals surface area contributed by atoms with E-state index in [1.807, 2.05) is 18.2 Å². The van der Waals surface area contributed by atoms with Gasteiger partial charge < -0.3 is 4.90 Å². The lowest BCUT2D eigenvalue weighted by Gasteiger charge is -2.17. The van der Waals surface area contributed by atoms with Crippen LogP contribution >= 0.6 is 11.6 Å². The number of non-ortho nitro benzene ring substituents is 1. The Kier molecular flexibility index (Phi) is 4.18. The molecular formula is C16H13ClN4O3. The first-order valence-electron chi connectivity index (χ1n) is 7.09. The van der Waals surface area contributed by atoms with Crippen LogP contribution in [0.5, 0.6) is 0 Å². The highest BCUT2D eigenvalue weighted by Crippen LogP contribution is 2.24. The van der Waals surface area contributed by atoms with E-state index in [0.717, 1.165) is 5.56 Å². The summed E-state index contributed by atoms with van der Waals surface area (Å²) in [7, 11) is 1.63. The zero-order valence-corrected chi connectivity index (χ0v) is 13.4. The largest absolute Gasteiger partial charge is 0.336 e. The number of fused-ring (bicyclic) bond motifs is 1. The third-order valence-corrected chi connectivity index (χ3v) is 4.04. The molecule has 24 heavy (non-hydrogen) atoms. The Hall–Kier alpha value is -2.93. The zero-order chi connectivity index (χ0) is 17.3. The lowest BCUT2D eigenvalue weighted by Crippen LogP contribution is -2.26. The molecule has 8 heteroatoms. The van der Waals surface area contributed by atoms with Crippen molar-refractivity contribution in [3.63, 3.8) is 0 Å². The molecule has 0 bridgehead atoms. The van der Waals surface area contributed by atoms with Gasteiger partial charge in [-0.3, -0.25) is 20.0 Å². The fourth-order valence-electron chi connectivity index (χ4n) is 2.41. The standard InChI is InChI=1S/C16H13ClN4O3/c1-20(9-10-4-2-3-5-13(10)17)16(22)15-12-8-11(21(23)24)6-7-14(12)18-19-15/h2-8H,9H2,1H3,(H,18,19). The summed E-state index contributed by atoms with van der Waals surface area (Å²) in [6.07, 6.45) is 0. The van der Waals surface area contributed by atoms with Crippen LogP contribution in [0.3, 0.4) is 0 Å². The molecule has 0 radical (unpaired) electrons. The van der Waals surface area contributed by atoms with Crippen molar-refractivity contribution in [2.24, 2.45) is 0 Å². The van der Waals surface area contributed by atoms with E-state index in [4.69, 9.17) is 11.6 Å². The number of carbonyl (C=O) groups excluding carboxylic acids is 1. The maximum atomic E-state index is 12.6. The van der Waals surface area contributed by atoms with Gasteiger partial charge in [0, 0.05) is 36.1 Å². The molecule has 3 rings (SSSR count). The van der Waals surface area contributed by atoms with Crippen molar-refractivity contribution >= 4 is 34.1 Å². The predicted molar refractivity (Wildman–Crippen MR) is 90.0 cm³/mol. The molecule has 0 spiro atoms.